The fraction of sp³-hybridized carbons (Fsp3) is 0.174. The van der Waals surface area contributed by atoms with E-state index in [-0.39, 0.29) is 18.0 Å². The summed E-state index contributed by atoms with van der Waals surface area (Å²) in [6, 6.07) is 22.3. The number of rotatable bonds is 6. The van der Waals surface area contributed by atoms with E-state index in [1.54, 1.807) is 49.6 Å². The standard InChI is InChI=1S/C23H22N2O5S/c1-29-18-9-7-8-17(14-18)15-24-23(26)22-16-25(20-12-5-6-13-21(20)30-22)31(27,28)19-10-3-2-4-11-19/h2-14,22H,15-16H2,1H3,(H,24,26). The highest BCUT2D eigenvalue weighted by molar-refractivity contribution is 7.92. The molecule has 7 nitrogen and oxygen atoms in total. The monoisotopic (exact) mass is 438 g/mol. The highest BCUT2D eigenvalue weighted by atomic mass is 32.2. The lowest BCUT2D eigenvalue weighted by Crippen LogP contribution is -2.50. The molecule has 1 aliphatic heterocycles. The molecule has 8 heteroatoms. The van der Waals surface area contributed by atoms with E-state index in [9.17, 15) is 13.2 Å². The van der Waals surface area contributed by atoms with E-state index < -0.39 is 22.0 Å². The van der Waals surface area contributed by atoms with Gasteiger partial charge < -0.3 is 14.8 Å². The third kappa shape index (κ3) is 4.34. The number of nitrogens with one attached hydrogen (secondary N) is 1. The van der Waals surface area contributed by atoms with Crippen molar-refractivity contribution in [2.45, 2.75) is 17.5 Å². The maximum Gasteiger partial charge on any atom is 0.264 e. The van der Waals surface area contributed by atoms with Gasteiger partial charge in [0.1, 0.15) is 11.5 Å². The molecule has 1 aliphatic rings. The zero-order chi connectivity index (χ0) is 21.8. The van der Waals surface area contributed by atoms with Gasteiger partial charge in [0, 0.05) is 6.54 Å². The van der Waals surface area contributed by atoms with Crippen molar-refractivity contribution in [3.05, 3.63) is 84.4 Å². The van der Waals surface area contributed by atoms with Crippen molar-refractivity contribution in [1.82, 2.24) is 5.32 Å². The highest BCUT2D eigenvalue weighted by Gasteiger charge is 2.37. The van der Waals surface area contributed by atoms with Crippen molar-refractivity contribution in [3.63, 3.8) is 0 Å². The maximum absolute atomic E-state index is 13.3. The minimum absolute atomic E-state index is 0.127. The first-order chi connectivity index (χ1) is 15.0. The number of carbonyl (C=O) groups excluding carboxylic acids is 1. The van der Waals surface area contributed by atoms with Gasteiger partial charge in [0.05, 0.1) is 24.2 Å². The molecule has 0 aromatic heterocycles. The van der Waals surface area contributed by atoms with Gasteiger partial charge in [-0.1, -0.05) is 42.5 Å². The van der Waals surface area contributed by atoms with Gasteiger partial charge in [-0.15, -0.1) is 0 Å². The van der Waals surface area contributed by atoms with Crippen molar-refractivity contribution in [3.8, 4) is 11.5 Å². The number of sulfonamides is 1. The van der Waals surface area contributed by atoms with Crippen molar-refractivity contribution in [2.24, 2.45) is 0 Å². The van der Waals surface area contributed by atoms with Gasteiger partial charge in [0.15, 0.2) is 6.10 Å². The van der Waals surface area contributed by atoms with E-state index in [1.807, 2.05) is 24.3 Å². The van der Waals surface area contributed by atoms with Crippen LogP contribution in [0.15, 0.2) is 83.8 Å². The van der Waals surface area contributed by atoms with Crippen LogP contribution in [0.1, 0.15) is 5.56 Å². The van der Waals surface area contributed by atoms with E-state index in [1.165, 1.54) is 16.4 Å². The van der Waals surface area contributed by atoms with Crippen LogP contribution in [0, 0.1) is 0 Å². The normalized spacial score (nSPS) is 15.5. The Kier molecular flexibility index (Phi) is 5.81. The lowest BCUT2D eigenvalue weighted by atomic mass is 10.2. The van der Waals surface area contributed by atoms with Crippen LogP contribution in [0.2, 0.25) is 0 Å². The number of nitrogens with zero attached hydrogens (tertiary/aromatic N) is 1. The van der Waals surface area contributed by atoms with E-state index in [0.717, 1.165) is 5.56 Å². The topological polar surface area (TPSA) is 84.9 Å². The SMILES string of the molecule is COc1cccc(CNC(=O)C2CN(S(=O)(=O)c3ccccc3)c3ccccc3O2)c1. The van der Waals surface area contributed by atoms with Gasteiger partial charge in [0.2, 0.25) is 0 Å². The van der Waals surface area contributed by atoms with Crippen LogP contribution in [0.25, 0.3) is 0 Å². The molecule has 1 atom stereocenters. The summed E-state index contributed by atoms with van der Waals surface area (Å²) in [4.78, 5) is 13.0. The molecule has 0 radical (unpaired) electrons. The van der Waals surface area contributed by atoms with Crippen molar-refractivity contribution < 1.29 is 22.7 Å². The van der Waals surface area contributed by atoms with Crippen molar-refractivity contribution >= 4 is 21.6 Å². The molecule has 1 amide bonds. The molecule has 0 bridgehead atoms. The lowest BCUT2D eigenvalue weighted by molar-refractivity contribution is -0.127. The molecule has 3 aromatic carbocycles. The average Bonchev–Trinajstić information content (AvgIpc) is 2.82. The zero-order valence-corrected chi connectivity index (χ0v) is 17.7. The van der Waals surface area contributed by atoms with Crippen LogP contribution in [-0.4, -0.2) is 34.1 Å². The first kappa shape index (κ1) is 20.7. The molecule has 0 fully saturated rings. The summed E-state index contributed by atoms with van der Waals surface area (Å²) in [5.41, 5.74) is 1.26. The van der Waals surface area contributed by atoms with E-state index >= 15 is 0 Å². The van der Waals surface area contributed by atoms with Gasteiger partial charge in [0.25, 0.3) is 15.9 Å². The quantitative estimate of drug-likeness (QED) is 0.640. The second kappa shape index (κ2) is 8.69. The molecule has 0 spiro atoms. The van der Waals surface area contributed by atoms with E-state index in [0.29, 0.717) is 17.2 Å². The Hall–Kier alpha value is -3.52. The Balaban J connectivity index is 1.57. The molecule has 4 rings (SSSR count). The summed E-state index contributed by atoms with van der Waals surface area (Å²) in [7, 11) is -2.29. The van der Waals surface area contributed by atoms with Gasteiger partial charge in [-0.3, -0.25) is 9.10 Å². The molecular formula is C23H22N2O5S. The highest BCUT2D eigenvalue weighted by Crippen LogP contribution is 2.36. The molecule has 3 aromatic rings. The molecule has 1 heterocycles. The minimum Gasteiger partial charge on any atom is -0.497 e. The van der Waals surface area contributed by atoms with Gasteiger partial charge in [-0.2, -0.15) is 0 Å². The largest absolute Gasteiger partial charge is 0.497 e. The summed E-state index contributed by atoms with van der Waals surface area (Å²) >= 11 is 0. The molecule has 31 heavy (non-hydrogen) atoms. The number of hydrogen-bond donors (Lipinski definition) is 1. The summed E-state index contributed by atoms with van der Waals surface area (Å²) < 4.78 is 38.9. The van der Waals surface area contributed by atoms with Gasteiger partial charge >= 0.3 is 0 Å². The number of carbonyl (C=O) groups is 1. The van der Waals surface area contributed by atoms with Crippen LogP contribution < -0.4 is 19.1 Å². The Labute approximate surface area is 181 Å². The first-order valence-corrected chi connectivity index (χ1v) is 11.2. The van der Waals surface area contributed by atoms with Crippen LogP contribution in [0.5, 0.6) is 11.5 Å². The first-order valence-electron chi connectivity index (χ1n) is 9.73. The molecular weight excluding hydrogens is 416 g/mol. The number of hydrogen-bond acceptors (Lipinski definition) is 5. The van der Waals surface area contributed by atoms with Crippen LogP contribution >= 0.6 is 0 Å². The van der Waals surface area contributed by atoms with Crippen LogP contribution in [-0.2, 0) is 21.4 Å². The third-order valence-electron chi connectivity index (χ3n) is 4.96. The maximum atomic E-state index is 13.3. The molecule has 0 aliphatic carbocycles. The van der Waals surface area contributed by atoms with Crippen LogP contribution in [0.4, 0.5) is 5.69 Å². The van der Waals surface area contributed by atoms with Gasteiger partial charge in [-0.05, 0) is 42.0 Å². The van der Waals surface area contributed by atoms with Crippen molar-refractivity contribution in [2.75, 3.05) is 18.0 Å². The molecule has 1 N–H and O–H groups in total. The lowest BCUT2D eigenvalue weighted by Gasteiger charge is -2.34. The Morgan fingerprint density at radius 1 is 1.06 bits per heavy atom. The summed E-state index contributed by atoms with van der Waals surface area (Å²) in [5.74, 6) is 0.634. The van der Waals surface area contributed by atoms with Crippen molar-refractivity contribution in [1.29, 1.82) is 0 Å². The second-order valence-corrected chi connectivity index (χ2v) is 8.86. The summed E-state index contributed by atoms with van der Waals surface area (Å²) in [6.45, 7) is 0.140. The van der Waals surface area contributed by atoms with Crippen LogP contribution in [0.3, 0.4) is 0 Å². The predicted octanol–water partition coefficient (Wildman–Crippen LogP) is 2.97. The number of anilines is 1. The Morgan fingerprint density at radius 3 is 2.58 bits per heavy atom. The number of amides is 1. The predicted molar refractivity (Wildman–Crippen MR) is 117 cm³/mol. The third-order valence-corrected chi connectivity index (χ3v) is 6.75. The van der Waals surface area contributed by atoms with E-state index in [2.05, 4.69) is 5.32 Å². The number of methoxy groups -OCH3 is 1. The molecule has 1 unspecified atom stereocenters. The number of benzene rings is 3. The Morgan fingerprint density at radius 2 is 1.81 bits per heavy atom. The fourth-order valence-electron chi connectivity index (χ4n) is 3.37. The summed E-state index contributed by atoms with van der Waals surface area (Å²) in [6.07, 6.45) is -0.987. The number of para-hydroxylation sites is 2. The molecule has 0 saturated carbocycles. The summed E-state index contributed by atoms with van der Waals surface area (Å²) in [5, 5.41) is 2.82. The number of ether oxygens (including phenoxy) is 2. The van der Waals surface area contributed by atoms with E-state index in [4.69, 9.17) is 9.47 Å². The van der Waals surface area contributed by atoms with Gasteiger partial charge in [-0.25, -0.2) is 8.42 Å². The molecule has 160 valence electrons. The second-order valence-electron chi connectivity index (χ2n) is 6.99. The zero-order valence-electron chi connectivity index (χ0n) is 16.9. The number of fused-ring (bicyclic) bond motifs is 1. The Bertz CT molecular complexity index is 1180. The minimum atomic E-state index is -3.86. The smallest absolute Gasteiger partial charge is 0.264 e. The fourth-order valence-corrected chi connectivity index (χ4v) is 4.87. The average molecular weight is 439 g/mol. The molecule has 0 saturated heterocycles.